The van der Waals surface area contributed by atoms with Crippen molar-refractivity contribution in [3.05, 3.63) is 0 Å². The van der Waals surface area contributed by atoms with Gasteiger partial charge >= 0.3 is 0 Å². The van der Waals surface area contributed by atoms with E-state index in [1.54, 1.807) is 0 Å². The van der Waals surface area contributed by atoms with Crippen LogP contribution in [0.15, 0.2) is 0 Å². The van der Waals surface area contributed by atoms with Gasteiger partial charge in [-0.25, -0.2) is 0 Å². The Hall–Kier alpha value is -0.180. The lowest BCUT2D eigenvalue weighted by atomic mass is 10.2. The Labute approximate surface area is 79.7 Å². The quantitative estimate of drug-likeness (QED) is 0.664. The van der Waals surface area contributed by atoms with E-state index in [0.717, 1.165) is 38.0 Å². The first-order valence-electron chi connectivity index (χ1n) is 4.70. The Morgan fingerprint density at radius 1 is 1.67 bits per heavy atom. The van der Waals surface area contributed by atoms with Crippen molar-refractivity contribution < 1.29 is 4.79 Å². The van der Waals surface area contributed by atoms with Crippen LogP contribution >= 0.6 is 12.6 Å². The van der Waals surface area contributed by atoms with Gasteiger partial charge in [-0.2, -0.15) is 12.6 Å². The third-order valence-corrected chi connectivity index (χ3v) is 2.80. The lowest BCUT2D eigenvalue weighted by molar-refractivity contribution is -0.129. The second-order valence-corrected chi connectivity index (χ2v) is 3.68. The summed E-state index contributed by atoms with van der Waals surface area (Å²) in [7, 11) is 0. The summed E-state index contributed by atoms with van der Waals surface area (Å²) in [6, 6.07) is 0.383. The lowest BCUT2D eigenvalue weighted by Gasteiger charge is -2.25. The first kappa shape index (κ1) is 9.90. The zero-order valence-corrected chi connectivity index (χ0v) is 8.52. The molecule has 0 N–H and O–H groups in total. The molecular weight excluding hydrogens is 170 g/mol. The summed E-state index contributed by atoms with van der Waals surface area (Å²) < 4.78 is 0. The first-order chi connectivity index (χ1) is 5.79. The standard InChI is InChI=1S/C9H17NOS/c1-2-4-8(7-12)10-6-3-5-9(10)11/h8,12H,2-7H2,1H3. The van der Waals surface area contributed by atoms with Crippen LogP contribution in [-0.2, 0) is 4.79 Å². The molecule has 1 aliphatic rings. The van der Waals surface area contributed by atoms with E-state index < -0.39 is 0 Å². The van der Waals surface area contributed by atoms with Gasteiger partial charge in [-0.3, -0.25) is 4.79 Å². The normalized spacial score (nSPS) is 20.2. The van der Waals surface area contributed by atoms with E-state index in [4.69, 9.17) is 0 Å². The number of amides is 1. The van der Waals surface area contributed by atoms with Gasteiger partial charge in [0.25, 0.3) is 0 Å². The van der Waals surface area contributed by atoms with Crippen molar-refractivity contribution in [3.8, 4) is 0 Å². The SMILES string of the molecule is CCCC(CS)N1CCCC1=O. The molecule has 1 heterocycles. The van der Waals surface area contributed by atoms with Crippen LogP contribution in [0.5, 0.6) is 0 Å². The predicted octanol–water partition coefficient (Wildman–Crippen LogP) is 1.71. The zero-order valence-electron chi connectivity index (χ0n) is 7.62. The van der Waals surface area contributed by atoms with Gasteiger partial charge in [0.15, 0.2) is 0 Å². The fraction of sp³-hybridized carbons (Fsp3) is 0.889. The van der Waals surface area contributed by atoms with E-state index in [2.05, 4.69) is 19.6 Å². The number of carbonyl (C=O) groups excluding carboxylic acids is 1. The van der Waals surface area contributed by atoms with E-state index in [1.165, 1.54) is 0 Å². The molecule has 2 nitrogen and oxygen atoms in total. The average Bonchev–Trinajstić information content (AvgIpc) is 2.47. The molecule has 0 radical (unpaired) electrons. The maximum absolute atomic E-state index is 11.3. The predicted molar refractivity (Wildman–Crippen MR) is 53.5 cm³/mol. The molecule has 1 fully saturated rings. The second kappa shape index (κ2) is 4.75. The van der Waals surface area contributed by atoms with Crippen LogP contribution in [0.3, 0.4) is 0 Å². The first-order valence-corrected chi connectivity index (χ1v) is 5.33. The summed E-state index contributed by atoms with van der Waals surface area (Å²) in [5.74, 6) is 1.13. The number of hydrogen-bond donors (Lipinski definition) is 1. The Balaban J connectivity index is 2.46. The van der Waals surface area contributed by atoms with Crippen molar-refractivity contribution in [2.75, 3.05) is 12.3 Å². The molecule has 1 unspecified atom stereocenters. The third kappa shape index (κ3) is 2.16. The maximum Gasteiger partial charge on any atom is 0.222 e. The molecule has 0 aromatic rings. The molecule has 0 saturated carbocycles. The molecular formula is C9H17NOS. The average molecular weight is 187 g/mol. The molecule has 1 aliphatic heterocycles. The molecule has 0 aromatic carbocycles. The topological polar surface area (TPSA) is 20.3 Å². The molecule has 1 atom stereocenters. The Morgan fingerprint density at radius 3 is 2.83 bits per heavy atom. The van der Waals surface area contributed by atoms with Crippen LogP contribution in [0.4, 0.5) is 0 Å². The number of likely N-dealkylation sites (tertiary alicyclic amines) is 1. The van der Waals surface area contributed by atoms with Gasteiger partial charge in [0.2, 0.25) is 5.91 Å². The summed E-state index contributed by atoms with van der Waals surface area (Å²) >= 11 is 4.27. The minimum atomic E-state index is 0.322. The molecule has 1 saturated heterocycles. The number of rotatable bonds is 4. The number of carbonyl (C=O) groups is 1. The van der Waals surface area contributed by atoms with Gasteiger partial charge in [0.05, 0.1) is 0 Å². The molecule has 1 amide bonds. The minimum Gasteiger partial charge on any atom is -0.339 e. The highest BCUT2D eigenvalue weighted by Crippen LogP contribution is 2.17. The van der Waals surface area contributed by atoms with Crippen molar-refractivity contribution in [1.82, 2.24) is 4.90 Å². The van der Waals surface area contributed by atoms with Crippen LogP contribution < -0.4 is 0 Å². The summed E-state index contributed by atoms with van der Waals surface area (Å²) in [5, 5.41) is 0. The third-order valence-electron chi connectivity index (χ3n) is 2.38. The fourth-order valence-corrected chi connectivity index (χ4v) is 2.11. The summed E-state index contributed by atoms with van der Waals surface area (Å²) in [5.41, 5.74) is 0. The van der Waals surface area contributed by atoms with E-state index in [-0.39, 0.29) is 0 Å². The van der Waals surface area contributed by atoms with E-state index in [9.17, 15) is 4.79 Å². The molecule has 0 aliphatic carbocycles. The summed E-state index contributed by atoms with van der Waals surface area (Å²) in [6.07, 6.45) is 4.01. The van der Waals surface area contributed by atoms with Crippen LogP contribution in [0, 0.1) is 0 Å². The summed E-state index contributed by atoms with van der Waals surface area (Å²) in [4.78, 5) is 13.3. The minimum absolute atomic E-state index is 0.322. The largest absolute Gasteiger partial charge is 0.339 e. The number of thiol groups is 1. The number of nitrogens with zero attached hydrogens (tertiary/aromatic N) is 1. The highest BCUT2D eigenvalue weighted by Gasteiger charge is 2.25. The fourth-order valence-electron chi connectivity index (χ4n) is 1.73. The molecule has 12 heavy (non-hydrogen) atoms. The Bertz CT molecular complexity index is 161. The second-order valence-electron chi connectivity index (χ2n) is 3.32. The zero-order chi connectivity index (χ0) is 8.97. The van der Waals surface area contributed by atoms with Crippen molar-refractivity contribution in [1.29, 1.82) is 0 Å². The van der Waals surface area contributed by atoms with Gasteiger partial charge in [-0.05, 0) is 12.8 Å². The Kier molecular flexibility index (Phi) is 3.92. The molecule has 3 heteroatoms. The molecule has 1 rings (SSSR count). The maximum atomic E-state index is 11.3. The molecule has 0 spiro atoms. The molecule has 0 bridgehead atoms. The van der Waals surface area contributed by atoms with Crippen LogP contribution in [-0.4, -0.2) is 29.1 Å². The van der Waals surface area contributed by atoms with E-state index >= 15 is 0 Å². The van der Waals surface area contributed by atoms with Crippen molar-refractivity contribution in [3.63, 3.8) is 0 Å². The van der Waals surface area contributed by atoms with E-state index in [0.29, 0.717) is 11.9 Å². The highest BCUT2D eigenvalue weighted by molar-refractivity contribution is 7.80. The van der Waals surface area contributed by atoms with Gasteiger partial charge in [0, 0.05) is 24.8 Å². The van der Waals surface area contributed by atoms with Gasteiger partial charge in [-0.1, -0.05) is 13.3 Å². The van der Waals surface area contributed by atoms with Gasteiger partial charge in [0.1, 0.15) is 0 Å². The molecule has 0 aromatic heterocycles. The lowest BCUT2D eigenvalue weighted by Crippen LogP contribution is -2.37. The van der Waals surface area contributed by atoms with Crippen molar-refractivity contribution >= 4 is 18.5 Å². The van der Waals surface area contributed by atoms with E-state index in [1.807, 2.05) is 4.90 Å². The number of hydrogen-bond acceptors (Lipinski definition) is 2. The molecule has 70 valence electrons. The highest BCUT2D eigenvalue weighted by atomic mass is 32.1. The monoisotopic (exact) mass is 187 g/mol. The van der Waals surface area contributed by atoms with Crippen LogP contribution in [0.1, 0.15) is 32.6 Å². The van der Waals surface area contributed by atoms with Crippen molar-refractivity contribution in [2.24, 2.45) is 0 Å². The van der Waals surface area contributed by atoms with Crippen LogP contribution in [0.2, 0.25) is 0 Å². The van der Waals surface area contributed by atoms with Gasteiger partial charge < -0.3 is 4.90 Å². The Morgan fingerprint density at radius 2 is 2.42 bits per heavy atom. The summed E-state index contributed by atoms with van der Waals surface area (Å²) in [6.45, 7) is 3.10. The van der Waals surface area contributed by atoms with Gasteiger partial charge in [-0.15, -0.1) is 0 Å². The smallest absolute Gasteiger partial charge is 0.222 e. The van der Waals surface area contributed by atoms with Crippen molar-refractivity contribution in [2.45, 2.75) is 38.6 Å². The van der Waals surface area contributed by atoms with Crippen LogP contribution in [0.25, 0.3) is 0 Å².